The summed E-state index contributed by atoms with van der Waals surface area (Å²) in [5.41, 5.74) is 3.10. The number of hydrogen-bond donors (Lipinski definition) is 1. The van der Waals surface area contributed by atoms with Crippen LogP contribution in [0.5, 0.6) is 0 Å². The molecule has 0 saturated heterocycles. The van der Waals surface area contributed by atoms with Crippen molar-refractivity contribution in [1.29, 1.82) is 0 Å². The first kappa shape index (κ1) is 10.8. The van der Waals surface area contributed by atoms with Gasteiger partial charge in [0.15, 0.2) is 0 Å². The van der Waals surface area contributed by atoms with E-state index >= 15 is 0 Å². The highest BCUT2D eigenvalue weighted by molar-refractivity contribution is 5.85. The number of likely N-dealkylation sites (N-methyl/N-ethyl adjacent to an activating group) is 1. The topological polar surface area (TPSA) is 40.5 Å². The average Bonchev–Trinajstić information content (AvgIpc) is 3.09. The number of fused-ring (bicyclic) bond motifs is 1. The van der Waals surface area contributed by atoms with Gasteiger partial charge in [-0.2, -0.15) is 0 Å². The van der Waals surface area contributed by atoms with Gasteiger partial charge in [0.25, 0.3) is 0 Å². The predicted octanol–water partition coefficient (Wildman–Crippen LogP) is 1.79. The Bertz CT molecular complexity index is 477. The van der Waals surface area contributed by atoms with Gasteiger partial charge in [0.1, 0.15) is 0 Å². The van der Waals surface area contributed by atoms with Crippen molar-refractivity contribution in [2.75, 3.05) is 13.6 Å². The van der Waals surface area contributed by atoms with E-state index in [1.54, 1.807) is 0 Å². The van der Waals surface area contributed by atoms with Crippen LogP contribution in [-0.4, -0.2) is 29.6 Å². The zero-order valence-corrected chi connectivity index (χ0v) is 10.1. The van der Waals surface area contributed by atoms with Gasteiger partial charge in [-0.15, -0.1) is 0 Å². The lowest BCUT2D eigenvalue weighted by Crippen LogP contribution is -2.30. The normalized spacial score (nSPS) is 21.9. The van der Waals surface area contributed by atoms with E-state index in [-0.39, 0.29) is 0 Å². The number of carboxylic acid groups (broad SMARTS) is 1. The molecule has 2 aliphatic rings. The summed E-state index contributed by atoms with van der Waals surface area (Å²) in [6.45, 7) is 1.96. The van der Waals surface area contributed by atoms with Crippen molar-refractivity contribution < 1.29 is 9.90 Å². The van der Waals surface area contributed by atoms with Crippen LogP contribution >= 0.6 is 0 Å². The van der Waals surface area contributed by atoms with Gasteiger partial charge in [0.2, 0.25) is 0 Å². The first-order valence-corrected chi connectivity index (χ1v) is 6.17. The Hall–Kier alpha value is -1.35. The maximum atomic E-state index is 11.4. The number of carbonyl (C=O) groups is 1. The largest absolute Gasteiger partial charge is 0.481 e. The second-order valence-corrected chi connectivity index (χ2v) is 5.32. The minimum absolute atomic E-state index is 0.566. The molecule has 3 nitrogen and oxygen atoms in total. The zero-order valence-electron chi connectivity index (χ0n) is 10.1. The zero-order chi connectivity index (χ0) is 12.0. The molecule has 0 unspecified atom stereocenters. The third-order valence-electron chi connectivity index (χ3n) is 4.14. The van der Waals surface area contributed by atoms with Crippen LogP contribution < -0.4 is 0 Å². The van der Waals surface area contributed by atoms with Gasteiger partial charge >= 0.3 is 5.97 Å². The molecule has 17 heavy (non-hydrogen) atoms. The van der Waals surface area contributed by atoms with Crippen LogP contribution in [0.3, 0.4) is 0 Å². The molecule has 0 bridgehead atoms. The molecule has 1 fully saturated rings. The van der Waals surface area contributed by atoms with Crippen molar-refractivity contribution in [2.24, 2.45) is 0 Å². The molecule has 1 aliphatic carbocycles. The maximum absolute atomic E-state index is 11.4. The first-order chi connectivity index (χ1) is 8.13. The molecule has 1 saturated carbocycles. The fourth-order valence-electron chi connectivity index (χ4n) is 2.89. The molecule has 90 valence electrons. The van der Waals surface area contributed by atoms with Gasteiger partial charge in [-0.3, -0.25) is 4.79 Å². The molecule has 0 aromatic heterocycles. The van der Waals surface area contributed by atoms with Crippen LogP contribution in [-0.2, 0) is 23.2 Å². The molecule has 0 spiro atoms. The Morgan fingerprint density at radius 2 is 2.18 bits per heavy atom. The number of nitrogens with zero attached hydrogens (tertiary/aromatic N) is 1. The molecule has 1 heterocycles. The van der Waals surface area contributed by atoms with Crippen LogP contribution in [0.25, 0.3) is 0 Å². The minimum Gasteiger partial charge on any atom is -0.481 e. The van der Waals surface area contributed by atoms with E-state index < -0.39 is 11.4 Å². The quantitative estimate of drug-likeness (QED) is 0.843. The fourth-order valence-corrected chi connectivity index (χ4v) is 2.89. The van der Waals surface area contributed by atoms with Gasteiger partial charge in [0.05, 0.1) is 5.41 Å². The summed E-state index contributed by atoms with van der Waals surface area (Å²) in [6, 6.07) is 6.17. The molecular formula is C14H17NO2. The van der Waals surface area contributed by atoms with Crippen molar-refractivity contribution in [3.63, 3.8) is 0 Å². The van der Waals surface area contributed by atoms with Crippen LogP contribution in [0.15, 0.2) is 18.2 Å². The van der Waals surface area contributed by atoms with Crippen molar-refractivity contribution in [3.8, 4) is 0 Å². The van der Waals surface area contributed by atoms with Gasteiger partial charge in [-0.25, -0.2) is 0 Å². The number of benzene rings is 1. The summed E-state index contributed by atoms with van der Waals surface area (Å²) >= 11 is 0. The maximum Gasteiger partial charge on any atom is 0.314 e. The van der Waals surface area contributed by atoms with Gasteiger partial charge < -0.3 is 10.0 Å². The van der Waals surface area contributed by atoms with E-state index in [1.165, 1.54) is 11.1 Å². The van der Waals surface area contributed by atoms with E-state index in [0.29, 0.717) is 0 Å². The van der Waals surface area contributed by atoms with E-state index in [9.17, 15) is 9.90 Å². The smallest absolute Gasteiger partial charge is 0.314 e. The lowest BCUT2D eigenvalue weighted by atomic mass is 9.86. The molecule has 3 rings (SSSR count). The molecule has 0 radical (unpaired) electrons. The van der Waals surface area contributed by atoms with E-state index in [1.807, 2.05) is 12.1 Å². The van der Waals surface area contributed by atoms with Crippen LogP contribution in [0.2, 0.25) is 0 Å². The van der Waals surface area contributed by atoms with Gasteiger partial charge in [-0.1, -0.05) is 18.2 Å². The Labute approximate surface area is 101 Å². The molecule has 3 heteroatoms. The fraction of sp³-hybridized carbons (Fsp3) is 0.500. The number of hydrogen-bond acceptors (Lipinski definition) is 2. The van der Waals surface area contributed by atoms with Crippen molar-refractivity contribution >= 4 is 5.97 Å². The monoisotopic (exact) mass is 231 g/mol. The Balaban J connectivity index is 2.09. The van der Waals surface area contributed by atoms with E-state index in [4.69, 9.17) is 0 Å². The molecule has 1 N–H and O–H groups in total. The summed E-state index contributed by atoms with van der Waals surface area (Å²) in [6.07, 6.45) is 2.63. The molecule has 0 amide bonds. The Kier molecular flexibility index (Phi) is 2.26. The van der Waals surface area contributed by atoms with E-state index in [0.717, 1.165) is 37.9 Å². The van der Waals surface area contributed by atoms with Crippen LogP contribution in [0.1, 0.15) is 29.5 Å². The Morgan fingerprint density at radius 3 is 2.82 bits per heavy atom. The third kappa shape index (κ3) is 1.57. The summed E-state index contributed by atoms with van der Waals surface area (Å²) in [4.78, 5) is 13.7. The first-order valence-electron chi connectivity index (χ1n) is 6.17. The SMILES string of the molecule is CN1CCc2cccc(C3(C(=O)O)CC3)c2C1. The molecule has 1 aromatic carbocycles. The lowest BCUT2D eigenvalue weighted by molar-refractivity contribution is -0.140. The molecule has 0 atom stereocenters. The predicted molar refractivity (Wildman–Crippen MR) is 65.0 cm³/mol. The number of rotatable bonds is 2. The van der Waals surface area contributed by atoms with Crippen molar-refractivity contribution in [1.82, 2.24) is 4.90 Å². The van der Waals surface area contributed by atoms with Gasteiger partial charge in [0, 0.05) is 13.1 Å². The summed E-state index contributed by atoms with van der Waals surface area (Å²) in [7, 11) is 2.10. The second-order valence-electron chi connectivity index (χ2n) is 5.32. The standard InChI is InChI=1S/C14H17NO2/c1-15-8-5-10-3-2-4-12(11(10)9-15)14(6-7-14)13(16)17/h2-4H,5-9H2,1H3,(H,16,17). The average molecular weight is 231 g/mol. The highest BCUT2D eigenvalue weighted by Gasteiger charge is 2.53. The summed E-state index contributed by atoms with van der Waals surface area (Å²) in [5.74, 6) is -0.654. The number of aliphatic carboxylic acids is 1. The summed E-state index contributed by atoms with van der Waals surface area (Å²) < 4.78 is 0. The Morgan fingerprint density at radius 1 is 1.41 bits per heavy atom. The highest BCUT2D eigenvalue weighted by atomic mass is 16.4. The van der Waals surface area contributed by atoms with Crippen molar-refractivity contribution in [2.45, 2.75) is 31.2 Å². The second kappa shape index (κ2) is 3.57. The third-order valence-corrected chi connectivity index (χ3v) is 4.14. The van der Waals surface area contributed by atoms with Crippen molar-refractivity contribution in [3.05, 3.63) is 34.9 Å². The number of carboxylic acids is 1. The molecule has 1 aliphatic heterocycles. The minimum atomic E-state index is -0.654. The van der Waals surface area contributed by atoms with Crippen LogP contribution in [0, 0.1) is 0 Å². The van der Waals surface area contributed by atoms with Gasteiger partial charge in [-0.05, 0) is 43.0 Å². The summed E-state index contributed by atoms with van der Waals surface area (Å²) in [5, 5.41) is 9.41. The highest BCUT2D eigenvalue weighted by Crippen LogP contribution is 2.50. The molecule has 1 aromatic rings. The van der Waals surface area contributed by atoms with E-state index in [2.05, 4.69) is 18.0 Å². The molecular weight excluding hydrogens is 214 g/mol. The van der Waals surface area contributed by atoms with Crippen LogP contribution in [0.4, 0.5) is 0 Å². The lowest BCUT2D eigenvalue weighted by Gasteiger charge is -2.28.